The molecule has 10 heteroatoms. The number of benzene rings is 2. The lowest BCUT2D eigenvalue weighted by atomic mass is 9.95. The van der Waals surface area contributed by atoms with Crippen LogP contribution in [0.15, 0.2) is 59.5 Å². The van der Waals surface area contributed by atoms with E-state index in [0.717, 1.165) is 9.87 Å². The summed E-state index contributed by atoms with van der Waals surface area (Å²) in [6, 6.07) is 14.1. The highest BCUT2D eigenvalue weighted by molar-refractivity contribution is 7.89. The third-order valence-electron chi connectivity index (χ3n) is 6.17. The van der Waals surface area contributed by atoms with Gasteiger partial charge in [-0.1, -0.05) is 36.3 Å². The Hall–Kier alpha value is -2.94. The molecule has 198 valence electrons. The topological polar surface area (TPSA) is 101 Å². The maximum Gasteiger partial charge on any atom is 0.327 e. The molecule has 2 saturated heterocycles. The number of nitrogens with zero attached hydrogens (tertiary/aromatic N) is 1. The highest BCUT2D eigenvalue weighted by atomic mass is 32.2. The van der Waals surface area contributed by atoms with Crippen LogP contribution in [0.3, 0.4) is 0 Å². The molecule has 0 radical (unpaired) electrons. The van der Waals surface area contributed by atoms with Gasteiger partial charge < -0.3 is 23.7 Å². The molecule has 37 heavy (non-hydrogen) atoms. The van der Waals surface area contributed by atoms with Crippen molar-refractivity contribution in [3.8, 4) is 17.6 Å². The van der Waals surface area contributed by atoms with Crippen molar-refractivity contribution in [1.82, 2.24) is 4.31 Å². The minimum atomic E-state index is -4.17. The van der Waals surface area contributed by atoms with Crippen LogP contribution in [0, 0.1) is 11.8 Å². The molecule has 0 N–H and O–H groups in total. The second-order valence-electron chi connectivity index (χ2n) is 9.13. The van der Waals surface area contributed by atoms with E-state index in [2.05, 4.69) is 11.8 Å². The number of sulfonamides is 1. The number of fused-ring (bicyclic) bond motifs is 1. The van der Waals surface area contributed by atoms with Crippen molar-refractivity contribution in [1.29, 1.82) is 0 Å². The number of ether oxygens (including phenoxy) is 5. The molecule has 2 aliphatic heterocycles. The number of hydrogen-bond donors (Lipinski definition) is 0. The first-order chi connectivity index (χ1) is 17.7. The lowest BCUT2D eigenvalue weighted by molar-refractivity contribution is -0.173. The fourth-order valence-electron chi connectivity index (χ4n) is 4.52. The van der Waals surface area contributed by atoms with Crippen molar-refractivity contribution in [2.75, 3.05) is 20.3 Å². The Morgan fingerprint density at radius 2 is 1.81 bits per heavy atom. The van der Waals surface area contributed by atoms with Gasteiger partial charge in [0, 0.05) is 6.54 Å². The maximum atomic E-state index is 13.9. The van der Waals surface area contributed by atoms with Crippen LogP contribution in [-0.2, 0) is 40.4 Å². The summed E-state index contributed by atoms with van der Waals surface area (Å²) in [7, 11) is -2.95. The molecule has 0 bridgehead atoms. The third kappa shape index (κ3) is 5.98. The average Bonchev–Trinajstić information content (AvgIpc) is 3.21. The van der Waals surface area contributed by atoms with Gasteiger partial charge in [0.25, 0.3) is 0 Å². The number of carbonyl (C=O) groups is 1. The Bertz CT molecular complexity index is 1250. The second kappa shape index (κ2) is 11.2. The van der Waals surface area contributed by atoms with Gasteiger partial charge in [-0.3, -0.25) is 4.79 Å². The largest absolute Gasteiger partial charge is 0.481 e. The molecule has 0 amide bonds. The van der Waals surface area contributed by atoms with Crippen LogP contribution in [0.2, 0.25) is 0 Å². The van der Waals surface area contributed by atoms with Crippen LogP contribution in [0.4, 0.5) is 0 Å². The first-order valence-corrected chi connectivity index (χ1v) is 13.3. The number of hydrogen-bond acceptors (Lipinski definition) is 8. The van der Waals surface area contributed by atoms with Gasteiger partial charge in [-0.2, -0.15) is 4.31 Å². The Morgan fingerprint density at radius 1 is 1.11 bits per heavy atom. The molecular weight excluding hydrogens is 498 g/mol. The number of esters is 1. The minimum Gasteiger partial charge on any atom is -0.481 e. The molecular formula is C27H31NO8S. The summed E-state index contributed by atoms with van der Waals surface area (Å²) in [5.74, 6) is 4.27. The van der Waals surface area contributed by atoms with Gasteiger partial charge in [0.1, 0.15) is 30.7 Å². The van der Waals surface area contributed by atoms with E-state index in [4.69, 9.17) is 23.7 Å². The summed E-state index contributed by atoms with van der Waals surface area (Å²) in [5.41, 5.74) is 0.865. The maximum absolute atomic E-state index is 13.9. The molecule has 2 heterocycles. The van der Waals surface area contributed by atoms with Gasteiger partial charge in [0.05, 0.1) is 18.6 Å². The zero-order valence-electron chi connectivity index (χ0n) is 21.2. The fraction of sp³-hybridized carbons (Fsp3) is 0.444. The van der Waals surface area contributed by atoms with Crippen molar-refractivity contribution in [2.45, 2.75) is 62.4 Å². The number of methoxy groups -OCH3 is 1. The SMILES string of the molecule is CC#CCOc1ccc(S(=O)(=O)N2C[C@@H]3OC(C)(C)O[C@@H]3[C@@H](OCc3ccccc3)[C@@H]2C(=O)OC)cc1. The van der Waals surface area contributed by atoms with Gasteiger partial charge in [-0.15, -0.1) is 5.92 Å². The smallest absolute Gasteiger partial charge is 0.327 e. The quantitative estimate of drug-likeness (QED) is 0.380. The van der Waals surface area contributed by atoms with E-state index in [-0.39, 0.29) is 24.7 Å². The average molecular weight is 530 g/mol. The predicted octanol–water partition coefficient (Wildman–Crippen LogP) is 2.74. The van der Waals surface area contributed by atoms with E-state index >= 15 is 0 Å². The van der Waals surface area contributed by atoms with E-state index < -0.39 is 46.1 Å². The third-order valence-corrected chi connectivity index (χ3v) is 8.03. The summed E-state index contributed by atoms with van der Waals surface area (Å²) in [4.78, 5) is 13.1. The van der Waals surface area contributed by atoms with Crippen LogP contribution in [0.1, 0.15) is 26.3 Å². The van der Waals surface area contributed by atoms with Crippen LogP contribution < -0.4 is 4.74 Å². The van der Waals surface area contributed by atoms with Gasteiger partial charge in [-0.05, 0) is 50.6 Å². The van der Waals surface area contributed by atoms with Crippen molar-refractivity contribution in [3.63, 3.8) is 0 Å². The van der Waals surface area contributed by atoms with Gasteiger partial charge in [0.15, 0.2) is 11.8 Å². The van der Waals surface area contributed by atoms with Crippen LogP contribution in [-0.4, -0.2) is 69.1 Å². The van der Waals surface area contributed by atoms with Gasteiger partial charge in [-0.25, -0.2) is 8.42 Å². The summed E-state index contributed by atoms with van der Waals surface area (Å²) in [5, 5.41) is 0. The summed E-state index contributed by atoms with van der Waals surface area (Å²) in [6.07, 6.45) is -2.30. The second-order valence-corrected chi connectivity index (χ2v) is 11.0. The Kier molecular flexibility index (Phi) is 8.21. The van der Waals surface area contributed by atoms with Crippen molar-refractivity contribution < 1.29 is 36.9 Å². The molecule has 2 aromatic carbocycles. The Labute approximate surface area is 217 Å². The lowest BCUT2D eigenvalue weighted by Crippen LogP contribution is -2.65. The lowest BCUT2D eigenvalue weighted by Gasteiger charge is -2.42. The molecule has 0 saturated carbocycles. The van der Waals surface area contributed by atoms with E-state index in [9.17, 15) is 13.2 Å². The minimum absolute atomic E-state index is 0.00577. The van der Waals surface area contributed by atoms with Crippen LogP contribution in [0.5, 0.6) is 5.75 Å². The summed E-state index contributed by atoms with van der Waals surface area (Å²) < 4.78 is 57.7. The molecule has 0 spiro atoms. The molecule has 4 atom stereocenters. The fourth-order valence-corrected chi connectivity index (χ4v) is 6.12. The van der Waals surface area contributed by atoms with Crippen LogP contribution >= 0.6 is 0 Å². The summed E-state index contributed by atoms with van der Waals surface area (Å²) in [6.45, 7) is 5.42. The Morgan fingerprint density at radius 3 is 2.46 bits per heavy atom. The van der Waals surface area contributed by atoms with E-state index in [1.807, 2.05) is 30.3 Å². The first-order valence-electron chi connectivity index (χ1n) is 11.9. The van der Waals surface area contributed by atoms with E-state index in [1.165, 1.54) is 19.2 Å². The molecule has 0 unspecified atom stereocenters. The zero-order chi connectivity index (χ0) is 26.6. The van der Waals surface area contributed by atoms with Gasteiger partial charge >= 0.3 is 5.97 Å². The van der Waals surface area contributed by atoms with E-state index in [1.54, 1.807) is 32.9 Å². The first kappa shape index (κ1) is 27.1. The van der Waals surface area contributed by atoms with Gasteiger partial charge in [0.2, 0.25) is 10.0 Å². The monoisotopic (exact) mass is 529 g/mol. The molecule has 0 aliphatic carbocycles. The zero-order valence-corrected chi connectivity index (χ0v) is 22.1. The van der Waals surface area contributed by atoms with Crippen molar-refractivity contribution in [2.24, 2.45) is 0 Å². The standard InChI is InChI=1S/C27H31NO8S/c1-5-6-16-33-20-12-14-21(15-13-20)37(30,31)28-17-22-24(36-27(2,3)35-22)25(23(28)26(29)32-4)34-18-19-10-8-7-9-11-19/h7-15,22-25H,16-18H2,1-4H3/t22-,23+,24-,25-/m0/s1. The Balaban J connectivity index is 1.67. The predicted molar refractivity (Wildman–Crippen MR) is 134 cm³/mol. The highest BCUT2D eigenvalue weighted by Crippen LogP contribution is 2.39. The molecule has 0 aromatic heterocycles. The van der Waals surface area contributed by atoms with Crippen LogP contribution in [0.25, 0.3) is 0 Å². The molecule has 2 aromatic rings. The van der Waals surface area contributed by atoms with Crippen molar-refractivity contribution in [3.05, 3.63) is 60.2 Å². The van der Waals surface area contributed by atoms with E-state index in [0.29, 0.717) is 5.75 Å². The normalized spacial score (nSPS) is 25.0. The van der Waals surface area contributed by atoms with Crippen molar-refractivity contribution >= 4 is 16.0 Å². The molecule has 2 fully saturated rings. The molecule has 9 nitrogen and oxygen atoms in total. The summed E-state index contributed by atoms with van der Waals surface area (Å²) >= 11 is 0. The molecule has 2 aliphatic rings. The molecule has 4 rings (SSSR count). The highest BCUT2D eigenvalue weighted by Gasteiger charge is 2.58. The number of piperidine rings is 1. The number of rotatable bonds is 8. The number of carbonyl (C=O) groups excluding carboxylic acids is 1.